The first-order valence-electron chi connectivity index (χ1n) is 8.93. The second-order valence-electron chi connectivity index (χ2n) is 6.45. The van der Waals surface area contributed by atoms with Crippen molar-refractivity contribution in [1.82, 2.24) is 19.5 Å². The highest BCUT2D eigenvalue weighted by molar-refractivity contribution is 7.89. The minimum atomic E-state index is -3.18. The van der Waals surface area contributed by atoms with E-state index in [4.69, 9.17) is 5.73 Å². The largest absolute Gasteiger partial charge is 0.326 e. The summed E-state index contributed by atoms with van der Waals surface area (Å²) in [6, 6.07) is 7.25. The van der Waals surface area contributed by atoms with Crippen LogP contribution in [0.4, 0.5) is 5.69 Å². The van der Waals surface area contributed by atoms with E-state index in [1.807, 2.05) is 12.1 Å². The Balaban J connectivity index is 0.00000280. The van der Waals surface area contributed by atoms with E-state index in [0.717, 1.165) is 5.56 Å². The van der Waals surface area contributed by atoms with Gasteiger partial charge in [0.15, 0.2) is 5.82 Å². The number of aromatic nitrogens is 3. The average Bonchev–Trinajstić information content (AvgIpc) is 3.18. The van der Waals surface area contributed by atoms with Gasteiger partial charge in [-0.05, 0) is 44.0 Å². The van der Waals surface area contributed by atoms with Crippen LogP contribution in [0.3, 0.4) is 0 Å². The number of piperidine rings is 1. The van der Waals surface area contributed by atoms with Crippen molar-refractivity contribution >= 4 is 34.0 Å². The number of hydrogen-bond acceptors (Lipinski definition) is 6. The van der Waals surface area contributed by atoms with E-state index < -0.39 is 10.0 Å². The van der Waals surface area contributed by atoms with Crippen molar-refractivity contribution in [1.29, 1.82) is 0 Å². The number of carbonyl (C=O) groups is 1. The number of aromatic amines is 1. The van der Waals surface area contributed by atoms with Crippen LogP contribution in [-0.4, -0.2) is 52.7 Å². The van der Waals surface area contributed by atoms with E-state index >= 15 is 0 Å². The predicted molar refractivity (Wildman–Crippen MR) is 109 cm³/mol. The monoisotopic (exact) mass is 428 g/mol. The first-order valence-corrected chi connectivity index (χ1v) is 10.5. The van der Waals surface area contributed by atoms with Crippen molar-refractivity contribution in [2.45, 2.75) is 26.3 Å². The zero-order valence-corrected chi connectivity index (χ0v) is 17.2. The SMILES string of the molecule is CCS(=O)(=O)N1CCC(C(=O)Nc2ccc(-c3n[nH]c(CN)n3)cc2)CC1.Cl. The summed E-state index contributed by atoms with van der Waals surface area (Å²) in [5.41, 5.74) is 7.02. The number of nitrogens with two attached hydrogens (primary N) is 1. The van der Waals surface area contributed by atoms with Crippen LogP contribution in [0.15, 0.2) is 24.3 Å². The van der Waals surface area contributed by atoms with E-state index in [1.54, 1.807) is 19.1 Å². The molecule has 154 valence electrons. The first kappa shape index (κ1) is 22.3. The molecule has 1 aliphatic rings. The molecule has 1 aromatic carbocycles. The molecule has 1 aromatic heterocycles. The predicted octanol–water partition coefficient (Wildman–Crippen LogP) is 1.35. The summed E-state index contributed by atoms with van der Waals surface area (Å²) in [4.78, 5) is 16.7. The minimum absolute atomic E-state index is 0. The van der Waals surface area contributed by atoms with Crippen molar-refractivity contribution in [2.75, 3.05) is 24.2 Å². The molecule has 0 aliphatic carbocycles. The molecule has 4 N–H and O–H groups in total. The molecule has 0 bridgehead atoms. The molecular weight excluding hydrogens is 404 g/mol. The molecule has 0 saturated carbocycles. The van der Waals surface area contributed by atoms with Crippen molar-refractivity contribution in [3.8, 4) is 11.4 Å². The molecule has 0 spiro atoms. The number of carbonyl (C=O) groups excluding carboxylic acids is 1. The highest BCUT2D eigenvalue weighted by atomic mass is 35.5. The van der Waals surface area contributed by atoms with Gasteiger partial charge in [-0.2, -0.15) is 5.10 Å². The van der Waals surface area contributed by atoms with Gasteiger partial charge in [-0.25, -0.2) is 17.7 Å². The van der Waals surface area contributed by atoms with Gasteiger partial charge in [0.25, 0.3) is 0 Å². The molecule has 0 unspecified atom stereocenters. The Morgan fingerprint density at radius 3 is 2.46 bits per heavy atom. The number of benzene rings is 1. The Bertz CT molecular complexity index is 892. The fourth-order valence-electron chi connectivity index (χ4n) is 3.04. The van der Waals surface area contributed by atoms with Gasteiger partial charge in [-0.1, -0.05) is 0 Å². The number of amides is 1. The molecule has 1 saturated heterocycles. The zero-order valence-electron chi connectivity index (χ0n) is 15.6. The molecular formula is C17H25ClN6O3S. The lowest BCUT2D eigenvalue weighted by Gasteiger charge is -2.30. The van der Waals surface area contributed by atoms with Crippen molar-refractivity contribution in [3.05, 3.63) is 30.1 Å². The van der Waals surface area contributed by atoms with Gasteiger partial charge in [-0.15, -0.1) is 12.4 Å². The van der Waals surface area contributed by atoms with Crippen LogP contribution in [0.2, 0.25) is 0 Å². The maximum Gasteiger partial charge on any atom is 0.227 e. The number of halogens is 1. The number of anilines is 1. The van der Waals surface area contributed by atoms with Gasteiger partial charge in [0.2, 0.25) is 15.9 Å². The minimum Gasteiger partial charge on any atom is -0.326 e. The summed E-state index contributed by atoms with van der Waals surface area (Å²) in [7, 11) is -3.18. The van der Waals surface area contributed by atoms with Crippen LogP contribution in [0.5, 0.6) is 0 Å². The van der Waals surface area contributed by atoms with Gasteiger partial charge in [-0.3, -0.25) is 9.89 Å². The van der Waals surface area contributed by atoms with Gasteiger partial charge >= 0.3 is 0 Å². The Kier molecular flexibility index (Phi) is 7.53. The molecule has 1 amide bonds. The fraction of sp³-hybridized carbons (Fsp3) is 0.471. The molecule has 1 fully saturated rings. The summed E-state index contributed by atoms with van der Waals surface area (Å²) in [6.07, 6.45) is 1.06. The summed E-state index contributed by atoms with van der Waals surface area (Å²) in [5.74, 6) is 0.984. The van der Waals surface area contributed by atoms with E-state index in [0.29, 0.717) is 49.8 Å². The van der Waals surface area contributed by atoms with Crippen LogP contribution in [0.1, 0.15) is 25.6 Å². The third kappa shape index (κ3) is 5.07. The molecule has 0 radical (unpaired) electrons. The molecule has 9 nitrogen and oxygen atoms in total. The Morgan fingerprint density at radius 2 is 1.93 bits per heavy atom. The third-order valence-electron chi connectivity index (χ3n) is 4.72. The zero-order chi connectivity index (χ0) is 19.4. The normalized spacial score (nSPS) is 15.8. The molecule has 1 aliphatic heterocycles. The number of rotatable bonds is 6. The Labute approximate surface area is 170 Å². The lowest BCUT2D eigenvalue weighted by atomic mass is 9.97. The fourth-order valence-corrected chi connectivity index (χ4v) is 4.17. The second-order valence-corrected chi connectivity index (χ2v) is 8.71. The smallest absolute Gasteiger partial charge is 0.227 e. The number of hydrogen-bond donors (Lipinski definition) is 3. The lowest BCUT2D eigenvalue weighted by molar-refractivity contribution is -0.120. The van der Waals surface area contributed by atoms with Gasteiger partial charge in [0, 0.05) is 30.3 Å². The average molecular weight is 429 g/mol. The molecule has 3 rings (SSSR count). The Hall–Kier alpha value is -2.01. The second kappa shape index (κ2) is 9.46. The van der Waals surface area contributed by atoms with Crippen LogP contribution in [0.25, 0.3) is 11.4 Å². The summed E-state index contributed by atoms with van der Waals surface area (Å²) < 4.78 is 25.3. The molecule has 28 heavy (non-hydrogen) atoms. The van der Waals surface area contributed by atoms with E-state index in [9.17, 15) is 13.2 Å². The van der Waals surface area contributed by atoms with Crippen LogP contribution < -0.4 is 11.1 Å². The van der Waals surface area contributed by atoms with Crippen molar-refractivity contribution < 1.29 is 13.2 Å². The van der Waals surface area contributed by atoms with Crippen LogP contribution in [-0.2, 0) is 21.4 Å². The maximum absolute atomic E-state index is 12.5. The number of H-pyrrole nitrogens is 1. The quantitative estimate of drug-likeness (QED) is 0.635. The summed E-state index contributed by atoms with van der Waals surface area (Å²) >= 11 is 0. The molecule has 11 heteroatoms. The van der Waals surface area contributed by atoms with Crippen LogP contribution in [0, 0.1) is 5.92 Å². The third-order valence-corrected chi connectivity index (χ3v) is 6.60. The lowest BCUT2D eigenvalue weighted by Crippen LogP contribution is -2.42. The molecule has 0 atom stereocenters. The van der Waals surface area contributed by atoms with Crippen LogP contribution >= 0.6 is 12.4 Å². The summed E-state index contributed by atoms with van der Waals surface area (Å²) in [6.45, 7) is 2.70. The molecule has 2 heterocycles. The standard InChI is InChI=1S/C17H24N6O3S.ClH/c1-2-27(25,26)23-9-7-13(8-10-23)17(24)19-14-5-3-12(4-6-14)16-20-15(11-18)21-22-16;/h3-6,13H,2,7-11,18H2,1H3,(H,19,24)(H,20,21,22);1H. The van der Waals surface area contributed by atoms with E-state index in [-0.39, 0.29) is 30.0 Å². The van der Waals surface area contributed by atoms with Gasteiger partial charge < -0.3 is 11.1 Å². The topological polar surface area (TPSA) is 134 Å². The number of nitrogens with zero attached hydrogens (tertiary/aromatic N) is 3. The van der Waals surface area contributed by atoms with Gasteiger partial charge in [0.05, 0.1) is 12.3 Å². The van der Waals surface area contributed by atoms with Crippen molar-refractivity contribution in [2.24, 2.45) is 11.7 Å². The highest BCUT2D eigenvalue weighted by Gasteiger charge is 2.30. The number of nitrogens with one attached hydrogen (secondary N) is 2. The van der Waals surface area contributed by atoms with E-state index in [1.165, 1.54) is 4.31 Å². The Morgan fingerprint density at radius 1 is 1.29 bits per heavy atom. The highest BCUT2D eigenvalue weighted by Crippen LogP contribution is 2.23. The van der Waals surface area contributed by atoms with Crippen molar-refractivity contribution in [3.63, 3.8) is 0 Å². The summed E-state index contributed by atoms with van der Waals surface area (Å²) in [5, 5.41) is 9.76. The molecule has 2 aromatic rings. The van der Waals surface area contributed by atoms with E-state index in [2.05, 4.69) is 20.5 Å². The number of sulfonamides is 1. The first-order chi connectivity index (χ1) is 12.9. The van der Waals surface area contributed by atoms with Gasteiger partial charge in [0.1, 0.15) is 5.82 Å². The maximum atomic E-state index is 12.5.